The van der Waals surface area contributed by atoms with Gasteiger partial charge in [-0.3, -0.25) is 0 Å². The monoisotopic (exact) mass is 258 g/mol. The van der Waals surface area contributed by atoms with Crippen molar-refractivity contribution in [3.8, 4) is 0 Å². The second-order valence-electron chi connectivity index (χ2n) is 5.81. The Hall–Kier alpha value is -1.61. The van der Waals surface area contributed by atoms with Gasteiger partial charge in [-0.15, -0.1) is 0 Å². The van der Waals surface area contributed by atoms with Crippen LogP contribution in [0.5, 0.6) is 0 Å². The molecule has 0 fully saturated rings. The molecule has 0 atom stereocenters. The van der Waals surface area contributed by atoms with Crippen LogP contribution < -0.4 is 5.32 Å². The van der Waals surface area contributed by atoms with Crippen LogP contribution in [0.3, 0.4) is 0 Å². The number of methoxy groups -OCH3 is 1. The summed E-state index contributed by atoms with van der Waals surface area (Å²) in [5.74, 6) is 0.948. The molecule has 3 heteroatoms. The molecule has 0 aliphatic heterocycles. The number of nitrogens with one attached hydrogen (secondary N) is 1. The summed E-state index contributed by atoms with van der Waals surface area (Å²) in [6, 6.07) is 8.46. The van der Waals surface area contributed by atoms with Gasteiger partial charge in [0.05, 0.1) is 12.1 Å². The summed E-state index contributed by atoms with van der Waals surface area (Å²) in [4.78, 5) is 4.79. The Bertz CT molecular complexity index is 585. The maximum absolute atomic E-state index is 5.25. The Morgan fingerprint density at radius 3 is 2.58 bits per heavy atom. The Morgan fingerprint density at radius 1 is 1.26 bits per heavy atom. The highest BCUT2D eigenvalue weighted by Crippen LogP contribution is 2.32. The summed E-state index contributed by atoms with van der Waals surface area (Å²) in [6.07, 6.45) is 0. The van der Waals surface area contributed by atoms with E-state index in [9.17, 15) is 0 Å². The number of hydrogen-bond acceptors (Lipinski definition) is 3. The molecule has 102 valence electrons. The van der Waals surface area contributed by atoms with E-state index in [-0.39, 0.29) is 5.41 Å². The molecule has 0 radical (unpaired) electrons. The van der Waals surface area contributed by atoms with E-state index in [4.69, 9.17) is 9.72 Å². The number of benzene rings is 1. The minimum atomic E-state index is 0.0663. The summed E-state index contributed by atoms with van der Waals surface area (Å²) < 4.78 is 5.25. The summed E-state index contributed by atoms with van der Waals surface area (Å²) >= 11 is 0. The molecule has 19 heavy (non-hydrogen) atoms. The van der Waals surface area contributed by atoms with Gasteiger partial charge in [0.2, 0.25) is 0 Å². The molecule has 1 heterocycles. The number of ether oxygens (including phenoxy) is 1. The van der Waals surface area contributed by atoms with Crippen molar-refractivity contribution in [2.24, 2.45) is 0 Å². The van der Waals surface area contributed by atoms with Crippen LogP contribution >= 0.6 is 0 Å². The number of para-hydroxylation sites is 1. The van der Waals surface area contributed by atoms with Gasteiger partial charge in [0.1, 0.15) is 5.82 Å². The highest BCUT2D eigenvalue weighted by atomic mass is 16.5. The van der Waals surface area contributed by atoms with Crippen molar-refractivity contribution in [3.05, 3.63) is 35.4 Å². The maximum atomic E-state index is 5.25. The molecule has 2 aromatic rings. The largest absolute Gasteiger partial charge is 0.380 e. The van der Waals surface area contributed by atoms with Crippen molar-refractivity contribution in [1.29, 1.82) is 0 Å². The summed E-state index contributed by atoms with van der Waals surface area (Å²) in [7, 11) is 3.63. The van der Waals surface area contributed by atoms with Crippen LogP contribution in [0, 0.1) is 0 Å². The first kappa shape index (κ1) is 13.8. The van der Waals surface area contributed by atoms with Crippen LogP contribution in [0.25, 0.3) is 10.9 Å². The number of pyridine rings is 1. The van der Waals surface area contributed by atoms with Gasteiger partial charge in [-0.05, 0) is 11.5 Å². The van der Waals surface area contributed by atoms with Crippen molar-refractivity contribution < 1.29 is 4.74 Å². The zero-order chi connectivity index (χ0) is 14.0. The number of anilines is 1. The number of nitrogens with zero attached hydrogens (tertiary/aromatic N) is 1. The molecular weight excluding hydrogens is 236 g/mol. The molecule has 1 aromatic heterocycles. The third-order valence-electron chi connectivity index (χ3n) is 3.27. The highest BCUT2D eigenvalue weighted by molar-refractivity contribution is 5.85. The van der Waals surface area contributed by atoms with Gasteiger partial charge >= 0.3 is 0 Å². The molecule has 0 aliphatic carbocycles. The normalized spacial score (nSPS) is 11.8. The van der Waals surface area contributed by atoms with E-state index in [1.165, 1.54) is 10.9 Å². The quantitative estimate of drug-likeness (QED) is 0.911. The highest BCUT2D eigenvalue weighted by Gasteiger charge is 2.20. The lowest BCUT2D eigenvalue weighted by molar-refractivity contribution is 0.186. The number of aromatic nitrogens is 1. The van der Waals surface area contributed by atoms with E-state index in [2.05, 4.69) is 50.4 Å². The zero-order valence-corrected chi connectivity index (χ0v) is 12.4. The van der Waals surface area contributed by atoms with E-state index >= 15 is 0 Å². The summed E-state index contributed by atoms with van der Waals surface area (Å²) in [6.45, 7) is 7.20. The van der Waals surface area contributed by atoms with E-state index in [0.717, 1.165) is 16.9 Å². The van der Waals surface area contributed by atoms with E-state index in [0.29, 0.717) is 6.61 Å². The smallest absolute Gasteiger partial charge is 0.130 e. The Balaban J connectivity index is 2.70. The molecule has 0 amide bonds. The van der Waals surface area contributed by atoms with E-state index < -0.39 is 0 Å². The molecule has 3 nitrogen and oxygen atoms in total. The molecule has 0 unspecified atom stereocenters. The fraction of sp³-hybridized carbons (Fsp3) is 0.438. The Labute approximate surface area is 115 Å². The lowest BCUT2D eigenvalue weighted by Crippen LogP contribution is -2.15. The second-order valence-corrected chi connectivity index (χ2v) is 5.81. The number of rotatable bonds is 3. The SMILES string of the molecule is CNc1nc2c(COC)cccc2cc1C(C)(C)C. The zero-order valence-electron chi connectivity index (χ0n) is 12.4. The van der Waals surface area contributed by atoms with Gasteiger partial charge < -0.3 is 10.1 Å². The van der Waals surface area contributed by atoms with Crippen LogP contribution in [-0.4, -0.2) is 19.1 Å². The molecule has 0 saturated heterocycles. The summed E-state index contributed by atoms with van der Waals surface area (Å²) in [5, 5.41) is 4.38. The van der Waals surface area contributed by atoms with Gasteiger partial charge in [0.25, 0.3) is 0 Å². The van der Waals surface area contributed by atoms with Gasteiger partial charge in [-0.1, -0.05) is 39.0 Å². The maximum Gasteiger partial charge on any atom is 0.130 e. The molecule has 2 rings (SSSR count). The lowest BCUT2D eigenvalue weighted by Gasteiger charge is -2.23. The van der Waals surface area contributed by atoms with Crippen molar-refractivity contribution in [2.75, 3.05) is 19.5 Å². The standard InChI is InChI=1S/C16H22N2O/c1-16(2,3)13-9-11-7-6-8-12(10-19-5)14(11)18-15(13)17-4/h6-9H,10H2,1-5H3,(H,17,18). The number of fused-ring (bicyclic) bond motifs is 1. The third kappa shape index (κ3) is 2.71. The van der Waals surface area contributed by atoms with Crippen LogP contribution in [0.15, 0.2) is 24.3 Å². The topological polar surface area (TPSA) is 34.2 Å². The van der Waals surface area contributed by atoms with E-state index in [1.807, 2.05) is 7.05 Å². The molecule has 0 bridgehead atoms. The predicted octanol–water partition coefficient (Wildman–Crippen LogP) is 3.72. The molecule has 0 aliphatic rings. The lowest BCUT2D eigenvalue weighted by atomic mass is 9.86. The molecule has 1 N–H and O–H groups in total. The van der Waals surface area contributed by atoms with Crippen LogP contribution in [0.1, 0.15) is 31.9 Å². The number of hydrogen-bond donors (Lipinski definition) is 1. The van der Waals surface area contributed by atoms with Gasteiger partial charge in [0, 0.05) is 30.7 Å². The van der Waals surface area contributed by atoms with Crippen LogP contribution in [-0.2, 0) is 16.8 Å². The van der Waals surface area contributed by atoms with E-state index in [1.54, 1.807) is 7.11 Å². The van der Waals surface area contributed by atoms with Crippen molar-refractivity contribution in [3.63, 3.8) is 0 Å². The first-order valence-electron chi connectivity index (χ1n) is 6.57. The predicted molar refractivity (Wildman–Crippen MR) is 80.7 cm³/mol. The minimum Gasteiger partial charge on any atom is -0.380 e. The third-order valence-corrected chi connectivity index (χ3v) is 3.27. The van der Waals surface area contributed by atoms with Gasteiger partial charge in [-0.25, -0.2) is 4.98 Å². The van der Waals surface area contributed by atoms with Crippen molar-refractivity contribution >= 4 is 16.7 Å². The van der Waals surface area contributed by atoms with Gasteiger partial charge in [-0.2, -0.15) is 0 Å². The van der Waals surface area contributed by atoms with Crippen molar-refractivity contribution in [1.82, 2.24) is 4.98 Å². The molecule has 1 aromatic carbocycles. The molecular formula is C16H22N2O. The fourth-order valence-corrected chi connectivity index (χ4v) is 2.29. The average Bonchev–Trinajstić information content (AvgIpc) is 2.37. The Kier molecular flexibility index (Phi) is 3.76. The first-order valence-corrected chi connectivity index (χ1v) is 6.57. The molecule has 0 spiro atoms. The minimum absolute atomic E-state index is 0.0663. The van der Waals surface area contributed by atoms with Crippen molar-refractivity contribution in [2.45, 2.75) is 32.8 Å². The van der Waals surface area contributed by atoms with Gasteiger partial charge in [0.15, 0.2) is 0 Å². The summed E-state index contributed by atoms with van der Waals surface area (Å²) in [5.41, 5.74) is 3.44. The second kappa shape index (κ2) is 5.17. The Morgan fingerprint density at radius 2 is 2.00 bits per heavy atom. The van der Waals surface area contributed by atoms with Crippen LogP contribution in [0.4, 0.5) is 5.82 Å². The first-order chi connectivity index (χ1) is 8.97. The molecule has 0 saturated carbocycles. The average molecular weight is 258 g/mol. The fourth-order valence-electron chi connectivity index (χ4n) is 2.29. The van der Waals surface area contributed by atoms with Crippen LogP contribution in [0.2, 0.25) is 0 Å².